The molecule has 144 valence electrons. The van der Waals surface area contributed by atoms with Gasteiger partial charge in [-0.2, -0.15) is 0 Å². The molecule has 0 saturated heterocycles. The first-order valence-electron chi connectivity index (χ1n) is 12.3. The lowest BCUT2D eigenvalue weighted by molar-refractivity contribution is 0.0211. The van der Waals surface area contributed by atoms with Crippen molar-refractivity contribution in [3.63, 3.8) is 0 Å². The van der Waals surface area contributed by atoms with E-state index in [9.17, 15) is 0 Å². The lowest BCUT2D eigenvalue weighted by Gasteiger charge is -2.48. The summed E-state index contributed by atoms with van der Waals surface area (Å²) in [4.78, 5) is 0. The first-order valence-corrected chi connectivity index (χ1v) is 12.3. The molecule has 4 aliphatic carbocycles. The standard InChI is InChI=1S/C25H44/c1-19-11-13-21(14-12-19)18-23-16-15-22(17-20-7-3-2-4-8-20)24-9-5-6-10-25(23)24/h19-25H,2-18H2,1H3. The molecule has 4 unspecified atom stereocenters. The quantitative estimate of drug-likeness (QED) is 0.484. The van der Waals surface area contributed by atoms with Crippen LogP contribution in [0.1, 0.15) is 116 Å². The molecule has 25 heavy (non-hydrogen) atoms. The second kappa shape index (κ2) is 8.79. The largest absolute Gasteiger partial charge is 0.0625 e. The normalized spacial score (nSPS) is 43.6. The van der Waals surface area contributed by atoms with Gasteiger partial charge >= 0.3 is 0 Å². The van der Waals surface area contributed by atoms with Gasteiger partial charge in [-0.3, -0.25) is 0 Å². The minimum atomic E-state index is 1.02. The second-order valence-electron chi connectivity index (χ2n) is 10.8. The van der Waals surface area contributed by atoms with Crippen LogP contribution in [0.3, 0.4) is 0 Å². The molecule has 0 heterocycles. The SMILES string of the molecule is CC1CCC(CC2CCC(CC3CCCCC3)C3CCCCC23)CC1. The highest BCUT2D eigenvalue weighted by molar-refractivity contribution is 4.92. The van der Waals surface area contributed by atoms with Crippen molar-refractivity contribution < 1.29 is 0 Å². The van der Waals surface area contributed by atoms with E-state index in [0.717, 1.165) is 41.4 Å². The first kappa shape index (κ1) is 18.4. The Labute approximate surface area is 157 Å². The van der Waals surface area contributed by atoms with Crippen molar-refractivity contribution in [2.75, 3.05) is 0 Å². The summed E-state index contributed by atoms with van der Waals surface area (Å²) < 4.78 is 0. The van der Waals surface area contributed by atoms with E-state index >= 15 is 0 Å². The first-order chi connectivity index (χ1) is 12.3. The molecule has 4 saturated carbocycles. The molecule has 4 atom stereocenters. The molecule has 0 aromatic rings. The minimum Gasteiger partial charge on any atom is -0.0625 e. The zero-order valence-electron chi connectivity index (χ0n) is 17.1. The third-order valence-electron chi connectivity index (χ3n) is 9.13. The molecule has 0 N–H and O–H groups in total. The molecule has 0 nitrogen and oxygen atoms in total. The maximum absolute atomic E-state index is 2.48. The van der Waals surface area contributed by atoms with E-state index in [4.69, 9.17) is 0 Å². The van der Waals surface area contributed by atoms with Crippen molar-refractivity contribution in [1.82, 2.24) is 0 Å². The van der Waals surface area contributed by atoms with Crippen LogP contribution in [-0.2, 0) is 0 Å². The fraction of sp³-hybridized carbons (Fsp3) is 1.00. The van der Waals surface area contributed by atoms with Crippen LogP contribution in [0.25, 0.3) is 0 Å². The van der Waals surface area contributed by atoms with Crippen LogP contribution in [0.2, 0.25) is 0 Å². The molecule has 0 heteroatoms. The van der Waals surface area contributed by atoms with Gasteiger partial charge in [-0.05, 0) is 80.0 Å². The van der Waals surface area contributed by atoms with Crippen molar-refractivity contribution in [3.8, 4) is 0 Å². The summed E-state index contributed by atoms with van der Waals surface area (Å²) in [5.74, 6) is 7.73. The summed E-state index contributed by atoms with van der Waals surface area (Å²) in [6.45, 7) is 2.48. The molecular formula is C25H44. The molecule has 0 radical (unpaired) electrons. The smallest absolute Gasteiger partial charge is 0.0355 e. The second-order valence-corrected chi connectivity index (χ2v) is 10.8. The van der Waals surface area contributed by atoms with E-state index in [2.05, 4.69) is 6.92 Å². The average molecular weight is 345 g/mol. The number of fused-ring (bicyclic) bond motifs is 1. The number of hydrogen-bond donors (Lipinski definition) is 0. The number of rotatable bonds is 4. The minimum absolute atomic E-state index is 1.02. The van der Waals surface area contributed by atoms with Gasteiger partial charge < -0.3 is 0 Å². The fourth-order valence-corrected chi connectivity index (χ4v) is 7.64. The fourth-order valence-electron chi connectivity index (χ4n) is 7.64. The van der Waals surface area contributed by atoms with Gasteiger partial charge in [0.15, 0.2) is 0 Å². The summed E-state index contributed by atoms with van der Waals surface area (Å²) in [5.41, 5.74) is 0. The van der Waals surface area contributed by atoms with Gasteiger partial charge in [0.25, 0.3) is 0 Å². The Balaban J connectivity index is 1.34. The van der Waals surface area contributed by atoms with Crippen LogP contribution < -0.4 is 0 Å². The van der Waals surface area contributed by atoms with Crippen LogP contribution >= 0.6 is 0 Å². The van der Waals surface area contributed by atoms with Crippen LogP contribution in [0.15, 0.2) is 0 Å². The van der Waals surface area contributed by atoms with Crippen molar-refractivity contribution >= 4 is 0 Å². The number of hydrogen-bond acceptors (Lipinski definition) is 0. The lowest BCUT2D eigenvalue weighted by atomic mass is 9.57. The molecule has 4 fully saturated rings. The topological polar surface area (TPSA) is 0 Å². The van der Waals surface area contributed by atoms with Gasteiger partial charge in [0.05, 0.1) is 0 Å². The van der Waals surface area contributed by atoms with Gasteiger partial charge in [-0.1, -0.05) is 77.6 Å². The molecule has 0 amide bonds. The predicted molar refractivity (Wildman–Crippen MR) is 109 cm³/mol. The maximum atomic E-state index is 2.48. The van der Waals surface area contributed by atoms with E-state index < -0.39 is 0 Å². The zero-order valence-corrected chi connectivity index (χ0v) is 17.1. The Morgan fingerprint density at radius 2 is 0.960 bits per heavy atom. The maximum Gasteiger partial charge on any atom is -0.0355 e. The Morgan fingerprint density at radius 1 is 0.480 bits per heavy atom. The van der Waals surface area contributed by atoms with Gasteiger partial charge in [-0.15, -0.1) is 0 Å². The molecule has 0 aromatic heterocycles. The summed E-state index contributed by atoms with van der Waals surface area (Å²) >= 11 is 0. The van der Waals surface area contributed by atoms with Crippen LogP contribution in [0.5, 0.6) is 0 Å². The molecule has 0 spiro atoms. The van der Waals surface area contributed by atoms with Gasteiger partial charge in [0.2, 0.25) is 0 Å². The van der Waals surface area contributed by atoms with Crippen molar-refractivity contribution in [2.24, 2.45) is 41.4 Å². The van der Waals surface area contributed by atoms with Gasteiger partial charge in [0.1, 0.15) is 0 Å². The van der Waals surface area contributed by atoms with Gasteiger partial charge in [0, 0.05) is 0 Å². The third kappa shape index (κ3) is 4.65. The van der Waals surface area contributed by atoms with Crippen molar-refractivity contribution in [3.05, 3.63) is 0 Å². The van der Waals surface area contributed by atoms with E-state index in [1.807, 2.05) is 0 Å². The highest BCUT2D eigenvalue weighted by Crippen LogP contribution is 2.52. The molecule has 0 aromatic carbocycles. The molecular weight excluding hydrogens is 300 g/mol. The summed E-state index contributed by atoms with van der Waals surface area (Å²) in [6, 6.07) is 0. The van der Waals surface area contributed by atoms with Crippen LogP contribution in [0, 0.1) is 41.4 Å². The Bertz CT molecular complexity index is 385. The monoisotopic (exact) mass is 344 g/mol. The highest BCUT2D eigenvalue weighted by atomic mass is 14.5. The summed E-state index contributed by atoms with van der Waals surface area (Å²) in [7, 11) is 0. The lowest BCUT2D eigenvalue weighted by Crippen LogP contribution is -2.38. The van der Waals surface area contributed by atoms with Crippen LogP contribution in [-0.4, -0.2) is 0 Å². The molecule has 0 bridgehead atoms. The van der Waals surface area contributed by atoms with E-state index in [1.165, 1.54) is 32.1 Å². The highest BCUT2D eigenvalue weighted by Gasteiger charge is 2.41. The van der Waals surface area contributed by atoms with Crippen molar-refractivity contribution in [2.45, 2.75) is 116 Å². The molecule has 4 rings (SSSR count). The summed E-state index contributed by atoms with van der Waals surface area (Å²) in [5, 5.41) is 0. The van der Waals surface area contributed by atoms with Crippen molar-refractivity contribution in [1.29, 1.82) is 0 Å². The third-order valence-corrected chi connectivity index (χ3v) is 9.13. The van der Waals surface area contributed by atoms with Gasteiger partial charge in [-0.25, -0.2) is 0 Å². The van der Waals surface area contributed by atoms with E-state index in [1.54, 1.807) is 77.0 Å². The van der Waals surface area contributed by atoms with E-state index in [-0.39, 0.29) is 0 Å². The molecule has 0 aliphatic heterocycles. The zero-order chi connectivity index (χ0) is 17.1. The predicted octanol–water partition coefficient (Wildman–Crippen LogP) is 8.01. The molecule has 4 aliphatic rings. The Kier molecular flexibility index (Phi) is 6.46. The van der Waals surface area contributed by atoms with Crippen LogP contribution in [0.4, 0.5) is 0 Å². The van der Waals surface area contributed by atoms with E-state index in [0.29, 0.717) is 0 Å². The summed E-state index contributed by atoms with van der Waals surface area (Å²) in [6.07, 6.45) is 26.6. The Morgan fingerprint density at radius 3 is 1.52 bits per heavy atom. The average Bonchev–Trinajstić information content (AvgIpc) is 2.66. The Hall–Kier alpha value is 0.